The van der Waals surface area contributed by atoms with Gasteiger partial charge in [-0.1, -0.05) is 35.9 Å². The molecule has 0 aliphatic carbocycles. The Morgan fingerprint density at radius 2 is 1.84 bits per heavy atom. The van der Waals surface area contributed by atoms with Gasteiger partial charge in [0.05, 0.1) is 0 Å². The molecule has 0 aliphatic rings. The van der Waals surface area contributed by atoms with Gasteiger partial charge in [-0.2, -0.15) is 11.8 Å². The standard InChI is InChI=1S/C20H24N2O2S/c1-14-7-6-9-16(13-14)19(23)22-18(11-12-25-3)20(24)21-17-10-5-4-8-15(17)2/h4-10,13,18H,11-12H2,1-3H3,(H,21,24)(H,22,23). The quantitative estimate of drug-likeness (QED) is 0.793. The molecule has 25 heavy (non-hydrogen) atoms. The number of benzene rings is 2. The summed E-state index contributed by atoms with van der Waals surface area (Å²) in [5.74, 6) is 0.374. The zero-order valence-electron chi connectivity index (χ0n) is 14.8. The first-order valence-electron chi connectivity index (χ1n) is 8.24. The Kier molecular flexibility index (Phi) is 7.07. The lowest BCUT2D eigenvalue weighted by molar-refractivity contribution is -0.118. The molecule has 132 valence electrons. The molecule has 0 saturated carbocycles. The predicted molar refractivity (Wildman–Crippen MR) is 105 cm³/mol. The molecule has 0 bridgehead atoms. The summed E-state index contributed by atoms with van der Waals surface area (Å²) in [5.41, 5.74) is 3.34. The Labute approximate surface area is 153 Å². The number of aryl methyl sites for hydroxylation is 2. The molecule has 2 amide bonds. The molecule has 2 N–H and O–H groups in total. The highest BCUT2D eigenvalue weighted by Crippen LogP contribution is 2.14. The number of nitrogens with one attached hydrogen (secondary N) is 2. The fraction of sp³-hybridized carbons (Fsp3) is 0.300. The van der Waals surface area contributed by atoms with Crippen molar-refractivity contribution in [2.24, 2.45) is 0 Å². The van der Waals surface area contributed by atoms with Crippen LogP contribution in [-0.2, 0) is 4.79 Å². The van der Waals surface area contributed by atoms with E-state index in [9.17, 15) is 9.59 Å². The van der Waals surface area contributed by atoms with Crippen molar-refractivity contribution >= 4 is 29.3 Å². The van der Waals surface area contributed by atoms with Crippen molar-refractivity contribution in [1.29, 1.82) is 0 Å². The van der Waals surface area contributed by atoms with Crippen LogP contribution in [0.5, 0.6) is 0 Å². The summed E-state index contributed by atoms with van der Waals surface area (Å²) in [6, 6.07) is 14.4. The molecule has 4 nitrogen and oxygen atoms in total. The van der Waals surface area contributed by atoms with Crippen LogP contribution in [0.15, 0.2) is 48.5 Å². The molecular weight excluding hydrogens is 332 g/mol. The molecule has 2 rings (SSSR count). The molecule has 0 fully saturated rings. The predicted octanol–water partition coefficient (Wildman–Crippen LogP) is 3.79. The van der Waals surface area contributed by atoms with Crippen LogP contribution in [0.1, 0.15) is 27.9 Å². The topological polar surface area (TPSA) is 58.2 Å². The van der Waals surface area contributed by atoms with Crippen molar-refractivity contribution < 1.29 is 9.59 Å². The van der Waals surface area contributed by atoms with Crippen molar-refractivity contribution in [2.45, 2.75) is 26.3 Å². The molecule has 0 aliphatic heterocycles. The monoisotopic (exact) mass is 356 g/mol. The molecule has 5 heteroatoms. The van der Waals surface area contributed by atoms with Gasteiger partial charge in [-0.25, -0.2) is 0 Å². The Hall–Kier alpha value is -2.27. The molecule has 0 saturated heterocycles. The third-order valence-corrected chi connectivity index (χ3v) is 4.56. The summed E-state index contributed by atoms with van der Waals surface area (Å²) in [6.07, 6.45) is 2.56. The van der Waals surface area contributed by atoms with E-state index in [1.54, 1.807) is 17.8 Å². The summed E-state index contributed by atoms with van der Waals surface area (Å²) >= 11 is 1.65. The van der Waals surface area contributed by atoms with Crippen molar-refractivity contribution in [2.75, 3.05) is 17.3 Å². The molecule has 0 radical (unpaired) electrons. The van der Waals surface area contributed by atoms with Crippen LogP contribution in [0.25, 0.3) is 0 Å². The van der Waals surface area contributed by atoms with Gasteiger partial charge in [0.25, 0.3) is 5.91 Å². The SMILES string of the molecule is CSCCC(NC(=O)c1cccc(C)c1)C(=O)Nc1ccccc1C. The molecule has 1 unspecified atom stereocenters. The second kappa shape index (κ2) is 9.28. The molecule has 2 aromatic rings. The minimum atomic E-state index is -0.569. The Bertz CT molecular complexity index is 746. The van der Waals surface area contributed by atoms with Crippen LogP contribution >= 0.6 is 11.8 Å². The smallest absolute Gasteiger partial charge is 0.251 e. The Morgan fingerprint density at radius 1 is 1.08 bits per heavy atom. The maximum absolute atomic E-state index is 12.7. The van der Waals surface area contributed by atoms with Crippen LogP contribution in [-0.4, -0.2) is 29.9 Å². The minimum absolute atomic E-state index is 0.190. The first-order valence-corrected chi connectivity index (χ1v) is 9.63. The van der Waals surface area contributed by atoms with Crippen LogP contribution in [0.3, 0.4) is 0 Å². The van der Waals surface area contributed by atoms with Gasteiger partial charge < -0.3 is 10.6 Å². The van der Waals surface area contributed by atoms with Crippen LogP contribution in [0.2, 0.25) is 0 Å². The van der Waals surface area contributed by atoms with E-state index in [1.165, 1.54) is 0 Å². The number of thioether (sulfide) groups is 1. The fourth-order valence-electron chi connectivity index (χ4n) is 2.47. The molecule has 1 atom stereocenters. The number of para-hydroxylation sites is 1. The number of hydrogen-bond donors (Lipinski definition) is 2. The highest BCUT2D eigenvalue weighted by atomic mass is 32.2. The van der Waals surface area contributed by atoms with Crippen molar-refractivity contribution in [3.8, 4) is 0 Å². The third-order valence-electron chi connectivity index (χ3n) is 3.92. The molecule has 2 aromatic carbocycles. The van der Waals surface area contributed by atoms with Crippen molar-refractivity contribution in [1.82, 2.24) is 5.32 Å². The van der Waals surface area contributed by atoms with E-state index < -0.39 is 6.04 Å². The van der Waals surface area contributed by atoms with Gasteiger partial charge in [-0.15, -0.1) is 0 Å². The van der Waals surface area contributed by atoms with Gasteiger partial charge in [0, 0.05) is 11.3 Å². The normalized spacial score (nSPS) is 11.6. The number of anilines is 1. The highest BCUT2D eigenvalue weighted by Gasteiger charge is 2.21. The van der Waals surface area contributed by atoms with Crippen molar-refractivity contribution in [3.05, 3.63) is 65.2 Å². The second-order valence-corrected chi connectivity index (χ2v) is 6.97. The Balaban J connectivity index is 2.10. The van der Waals surface area contributed by atoms with E-state index in [4.69, 9.17) is 0 Å². The van der Waals surface area contributed by atoms with Crippen LogP contribution in [0, 0.1) is 13.8 Å². The second-order valence-electron chi connectivity index (χ2n) is 5.98. The first-order chi connectivity index (χ1) is 12.0. The van der Waals surface area contributed by atoms with Gasteiger partial charge >= 0.3 is 0 Å². The summed E-state index contributed by atoms with van der Waals surface area (Å²) in [4.78, 5) is 25.2. The third kappa shape index (κ3) is 5.64. The maximum Gasteiger partial charge on any atom is 0.251 e. The number of hydrogen-bond acceptors (Lipinski definition) is 3. The molecule has 0 heterocycles. The van der Waals surface area contributed by atoms with Gasteiger partial charge in [0.15, 0.2) is 0 Å². The zero-order chi connectivity index (χ0) is 18.2. The first kappa shape index (κ1) is 19.1. The summed E-state index contributed by atoms with van der Waals surface area (Å²) in [5, 5.41) is 5.79. The van der Waals surface area contributed by atoms with Crippen LogP contribution < -0.4 is 10.6 Å². The molecule has 0 aromatic heterocycles. The zero-order valence-corrected chi connectivity index (χ0v) is 15.7. The average molecular weight is 356 g/mol. The van der Waals surface area contributed by atoms with Gasteiger partial charge in [0.1, 0.15) is 6.04 Å². The fourth-order valence-corrected chi connectivity index (χ4v) is 2.94. The van der Waals surface area contributed by atoms with E-state index in [0.29, 0.717) is 12.0 Å². The van der Waals surface area contributed by atoms with E-state index in [0.717, 1.165) is 22.6 Å². The minimum Gasteiger partial charge on any atom is -0.340 e. The van der Waals surface area contributed by atoms with Gasteiger partial charge in [-0.05, 0) is 56.0 Å². The lowest BCUT2D eigenvalue weighted by Gasteiger charge is -2.19. The highest BCUT2D eigenvalue weighted by molar-refractivity contribution is 7.98. The number of amides is 2. The van der Waals surface area contributed by atoms with E-state index in [1.807, 2.05) is 62.6 Å². The average Bonchev–Trinajstić information content (AvgIpc) is 2.60. The molecular formula is C20H24N2O2S. The number of carbonyl (C=O) groups is 2. The summed E-state index contributed by atoms with van der Waals surface area (Å²) in [7, 11) is 0. The summed E-state index contributed by atoms with van der Waals surface area (Å²) in [6.45, 7) is 3.88. The van der Waals surface area contributed by atoms with Gasteiger partial charge in [0.2, 0.25) is 5.91 Å². The van der Waals surface area contributed by atoms with Crippen molar-refractivity contribution in [3.63, 3.8) is 0 Å². The Morgan fingerprint density at radius 3 is 2.52 bits per heavy atom. The van der Waals surface area contributed by atoms with Crippen LogP contribution in [0.4, 0.5) is 5.69 Å². The van der Waals surface area contributed by atoms with E-state index >= 15 is 0 Å². The maximum atomic E-state index is 12.7. The van der Waals surface area contributed by atoms with E-state index in [2.05, 4.69) is 10.6 Å². The lowest BCUT2D eigenvalue weighted by atomic mass is 10.1. The largest absolute Gasteiger partial charge is 0.340 e. The number of rotatable bonds is 7. The van der Waals surface area contributed by atoms with E-state index in [-0.39, 0.29) is 11.8 Å². The summed E-state index contributed by atoms with van der Waals surface area (Å²) < 4.78 is 0. The van der Waals surface area contributed by atoms with Gasteiger partial charge in [-0.3, -0.25) is 9.59 Å². The number of carbonyl (C=O) groups excluding carboxylic acids is 2. The lowest BCUT2D eigenvalue weighted by Crippen LogP contribution is -2.44. The molecule has 0 spiro atoms.